The van der Waals surface area contributed by atoms with Gasteiger partial charge in [-0.05, 0) is 87.6 Å². The van der Waals surface area contributed by atoms with Crippen molar-refractivity contribution < 1.29 is 0 Å². The summed E-state index contributed by atoms with van der Waals surface area (Å²) in [6.45, 7) is 0. The van der Waals surface area contributed by atoms with Crippen LogP contribution in [-0.4, -0.2) is 14.1 Å². The van der Waals surface area contributed by atoms with Crippen LogP contribution >= 0.6 is 0 Å². The van der Waals surface area contributed by atoms with E-state index in [0.29, 0.717) is 0 Å². The molecule has 0 spiro atoms. The van der Waals surface area contributed by atoms with E-state index < -0.39 is 0 Å². The highest BCUT2D eigenvalue weighted by molar-refractivity contribution is 6.11. The van der Waals surface area contributed by atoms with Gasteiger partial charge in [0.2, 0.25) is 0 Å². The Bertz CT molecular complexity index is 2990. The maximum atomic E-state index is 4.86. The van der Waals surface area contributed by atoms with Crippen LogP contribution in [0.2, 0.25) is 0 Å². The van der Waals surface area contributed by atoms with E-state index in [0.717, 1.165) is 33.6 Å². The summed E-state index contributed by atoms with van der Waals surface area (Å²) in [7, 11) is 0. The molecule has 3 heterocycles. The fourth-order valence-electron chi connectivity index (χ4n) is 8.52. The average molecular weight is 704 g/mol. The van der Waals surface area contributed by atoms with Crippen molar-refractivity contribution in [3.05, 3.63) is 200 Å². The van der Waals surface area contributed by atoms with Crippen LogP contribution < -0.4 is 0 Å². The molecule has 3 aromatic heterocycles. The van der Waals surface area contributed by atoms with Crippen molar-refractivity contribution in [3.63, 3.8) is 0 Å². The molecule has 3 heteroatoms. The number of rotatable bonds is 5. The zero-order valence-electron chi connectivity index (χ0n) is 29.4. The molecule has 0 aliphatic rings. The lowest BCUT2D eigenvalue weighted by atomic mass is 9.95. The van der Waals surface area contributed by atoms with Gasteiger partial charge in [-0.2, -0.15) is 0 Å². The zero-order valence-corrected chi connectivity index (χ0v) is 29.4. The van der Waals surface area contributed by atoms with Gasteiger partial charge >= 0.3 is 0 Å². The largest absolute Gasteiger partial charge is 0.309 e. The summed E-state index contributed by atoms with van der Waals surface area (Å²) in [5.74, 6) is 0. The van der Waals surface area contributed by atoms with Crippen LogP contribution in [0.25, 0.3) is 99.1 Å². The third-order valence-corrected chi connectivity index (χ3v) is 10.9. The molecule has 0 radical (unpaired) electrons. The Labute approximate surface area is 320 Å². The van der Waals surface area contributed by atoms with E-state index >= 15 is 0 Å². The summed E-state index contributed by atoms with van der Waals surface area (Å²) in [6, 6.07) is 68.1. The molecule has 0 atom stereocenters. The van der Waals surface area contributed by atoms with Crippen LogP contribution in [0, 0.1) is 0 Å². The first-order valence-electron chi connectivity index (χ1n) is 18.4. The number of benzene rings is 8. The van der Waals surface area contributed by atoms with E-state index in [-0.39, 0.29) is 7.43 Å². The highest BCUT2D eigenvalue weighted by Crippen LogP contribution is 2.39. The van der Waals surface area contributed by atoms with Gasteiger partial charge in [-0.15, -0.1) is 0 Å². The summed E-state index contributed by atoms with van der Waals surface area (Å²) in [5, 5.41) is 7.46. The van der Waals surface area contributed by atoms with Gasteiger partial charge in [0, 0.05) is 56.4 Å². The monoisotopic (exact) mass is 703 g/mol. The maximum Gasteiger partial charge on any atom is 0.0541 e. The Morgan fingerprint density at radius 1 is 0.309 bits per heavy atom. The lowest BCUT2D eigenvalue weighted by molar-refractivity contribution is 1.13. The first-order chi connectivity index (χ1) is 26.8. The molecule has 11 aromatic rings. The molecule has 0 saturated heterocycles. The van der Waals surface area contributed by atoms with Gasteiger partial charge in [0.05, 0.1) is 22.1 Å². The van der Waals surface area contributed by atoms with E-state index in [2.05, 4.69) is 197 Å². The highest BCUT2D eigenvalue weighted by Gasteiger charge is 2.17. The standard InChI is InChI=1S/C51H33N3.CH4/c1-2-17-42-34(13-1)14-12-22-43(42)36-16-11-15-35(27-36)38-28-39(33-52-32-38)37-29-40(53-48-23-7-3-18-44(48)45-19-4-8-24-49(45)53)31-41(30-37)54-50-25-9-5-20-46(50)47-21-6-10-26-51(47)54;/h1-33H;1H4. The molecule has 3 nitrogen and oxygen atoms in total. The number of nitrogens with zero attached hydrogens (tertiary/aromatic N) is 3. The van der Waals surface area contributed by atoms with Gasteiger partial charge in [-0.1, -0.05) is 141 Å². The van der Waals surface area contributed by atoms with Gasteiger partial charge < -0.3 is 9.13 Å². The van der Waals surface area contributed by atoms with Gasteiger partial charge in [-0.25, -0.2) is 0 Å². The van der Waals surface area contributed by atoms with Crippen LogP contribution in [0.3, 0.4) is 0 Å². The molecular weight excluding hydrogens is 667 g/mol. The number of aromatic nitrogens is 3. The third kappa shape index (κ3) is 5.24. The summed E-state index contributed by atoms with van der Waals surface area (Å²) in [4.78, 5) is 4.86. The second-order valence-electron chi connectivity index (χ2n) is 14.0. The Morgan fingerprint density at radius 3 is 1.29 bits per heavy atom. The number of hydrogen-bond acceptors (Lipinski definition) is 1. The topological polar surface area (TPSA) is 22.8 Å². The number of hydrogen-bond donors (Lipinski definition) is 0. The van der Waals surface area contributed by atoms with Crippen molar-refractivity contribution >= 4 is 54.4 Å². The van der Waals surface area contributed by atoms with Crippen molar-refractivity contribution in [1.29, 1.82) is 0 Å². The molecule has 0 bridgehead atoms. The lowest BCUT2D eigenvalue weighted by Crippen LogP contribution is -2.00. The minimum atomic E-state index is 0. The smallest absolute Gasteiger partial charge is 0.0541 e. The highest BCUT2D eigenvalue weighted by atomic mass is 15.0. The molecule has 8 aromatic carbocycles. The Morgan fingerprint density at radius 2 is 0.727 bits per heavy atom. The number of pyridine rings is 1. The molecule has 0 unspecified atom stereocenters. The van der Waals surface area contributed by atoms with E-state index in [1.807, 2.05) is 12.4 Å². The summed E-state index contributed by atoms with van der Waals surface area (Å²) < 4.78 is 4.83. The zero-order chi connectivity index (χ0) is 35.6. The van der Waals surface area contributed by atoms with E-state index in [9.17, 15) is 0 Å². The van der Waals surface area contributed by atoms with E-state index in [4.69, 9.17) is 4.98 Å². The van der Waals surface area contributed by atoms with Gasteiger partial charge in [0.15, 0.2) is 0 Å². The molecule has 0 N–H and O–H groups in total. The predicted molar refractivity (Wildman–Crippen MR) is 233 cm³/mol. The molecule has 260 valence electrons. The van der Waals surface area contributed by atoms with Crippen molar-refractivity contribution in [1.82, 2.24) is 14.1 Å². The van der Waals surface area contributed by atoms with Crippen LogP contribution in [0.4, 0.5) is 0 Å². The van der Waals surface area contributed by atoms with E-state index in [1.54, 1.807) is 0 Å². The van der Waals surface area contributed by atoms with Crippen molar-refractivity contribution in [2.75, 3.05) is 0 Å². The molecule has 0 aliphatic carbocycles. The third-order valence-electron chi connectivity index (χ3n) is 10.9. The molecule has 11 rings (SSSR count). The lowest BCUT2D eigenvalue weighted by Gasteiger charge is -2.16. The Hall–Kier alpha value is -7.23. The van der Waals surface area contributed by atoms with Crippen LogP contribution in [0.5, 0.6) is 0 Å². The van der Waals surface area contributed by atoms with Crippen molar-refractivity contribution in [2.45, 2.75) is 7.43 Å². The first kappa shape index (κ1) is 32.4. The SMILES string of the molecule is C.c1cc(-c2cncc(-c3cc(-n4c5ccccc5c5ccccc54)cc(-n4c5ccccc5c5ccccc54)c3)c2)cc(-c2cccc3ccccc23)c1. The summed E-state index contributed by atoms with van der Waals surface area (Å²) in [6.07, 6.45) is 3.98. The number of para-hydroxylation sites is 4. The van der Waals surface area contributed by atoms with Gasteiger partial charge in [0.1, 0.15) is 0 Å². The Balaban J connectivity index is 0.00000372. The molecule has 55 heavy (non-hydrogen) atoms. The average Bonchev–Trinajstić information content (AvgIpc) is 3.77. The predicted octanol–water partition coefficient (Wildman–Crippen LogP) is 14.1. The fraction of sp³-hybridized carbons (Fsp3) is 0.0192. The van der Waals surface area contributed by atoms with Crippen LogP contribution in [0.15, 0.2) is 200 Å². The Kier molecular flexibility index (Phi) is 7.67. The van der Waals surface area contributed by atoms with Gasteiger partial charge in [-0.3, -0.25) is 4.98 Å². The fourth-order valence-corrected chi connectivity index (χ4v) is 8.52. The molecule has 0 saturated carbocycles. The minimum absolute atomic E-state index is 0. The summed E-state index contributed by atoms with van der Waals surface area (Å²) >= 11 is 0. The quantitative estimate of drug-likeness (QED) is 0.175. The summed E-state index contributed by atoms with van der Waals surface area (Å²) in [5.41, 5.74) is 13.7. The molecule has 0 fully saturated rings. The first-order valence-corrected chi connectivity index (χ1v) is 18.4. The molecular formula is C52H37N3. The maximum absolute atomic E-state index is 4.86. The van der Waals surface area contributed by atoms with Crippen molar-refractivity contribution in [3.8, 4) is 44.8 Å². The van der Waals surface area contributed by atoms with E-state index in [1.165, 1.54) is 65.5 Å². The van der Waals surface area contributed by atoms with Crippen LogP contribution in [-0.2, 0) is 0 Å². The minimum Gasteiger partial charge on any atom is -0.309 e. The normalized spacial score (nSPS) is 11.5. The van der Waals surface area contributed by atoms with Crippen molar-refractivity contribution in [2.24, 2.45) is 0 Å². The van der Waals surface area contributed by atoms with Gasteiger partial charge in [0.25, 0.3) is 0 Å². The molecule has 0 amide bonds. The second kappa shape index (κ2) is 13.0. The molecule has 0 aliphatic heterocycles. The number of fused-ring (bicyclic) bond motifs is 7. The second-order valence-corrected chi connectivity index (χ2v) is 14.0. The van der Waals surface area contributed by atoms with Crippen LogP contribution in [0.1, 0.15) is 7.43 Å².